The Kier molecular flexibility index (Phi) is 2.86. The second-order valence-corrected chi connectivity index (χ2v) is 3.62. The van der Waals surface area contributed by atoms with E-state index in [0.717, 1.165) is 0 Å². The number of hydrogen-bond donors (Lipinski definition) is 5. The number of H-pyrrole nitrogens is 1. The van der Waals surface area contributed by atoms with Crippen LogP contribution in [-0.4, -0.2) is 66.0 Å². The number of tetrazole rings is 1. The number of rotatable bonds is 2. The lowest BCUT2D eigenvalue weighted by molar-refractivity contribution is -0.316. The topological polar surface area (TPSA) is 145 Å². The standard InChI is InChI=1S/C7H12N4O5/c12-2-4-5(14)3(13)1-7(15,16-4)6-8-10-11-9-6/h3-5,12-15H,1-2H2,(H,8,9,10,11)/t3-,4-,5-,7-/m1/s1. The van der Waals surface area contributed by atoms with Gasteiger partial charge >= 0.3 is 0 Å². The predicted octanol–water partition coefficient (Wildman–Crippen LogP) is -3.15. The van der Waals surface area contributed by atoms with Crippen molar-refractivity contribution in [1.29, 1.82) is 0 Å². The van der Waals surface area contributed by atoms with Crippen molar-refractivity contribution < 1.29 is 25.2 Å². The zero-order valence-corrected chi connectivity index (χ0v) is 8.19. The highest BCUT2D eigenvalue weighted by Gasteiger charge is 2.48. The number of nitrogens with one attached hydrogen (secondary N) is 1. The quantitative estimate of drug-likeness (QED) is 0.359. The Balaban J connectivity index is 2.23. The van der Waals surface area contributed by atoms with Gasteiger partial charge in [0.25, 0.3) is 0 Å². The van der Waals surface area contributed by atoms with E-state index >= 15 is 0 Å². The Morgan fingerprint density at radius 2 is 2.25 bits per heavy atom. The van der Waals surface area contributed by atoms with Gasteiger partial charge in [-0.1, -0.05) is 0 Å². The minimum atomic E-state index is -1.96. The molecule has 2 heterocycles. The summed E-state index contributed by atoms with van der Waals surface area (Å²) in [4.78, 5) is 0. The van der Waals surface area contributed by atoms with Crippen LogP contribution in [0.3, 0.4) is 0 Å². The van der Waals surface area contributed by atoms with Crippen LogP contribution >= 0.6 is 0 Å². The number of aromatic nitrogens is 4. The van der Waals surface area contributed by atoms with Crippen molar-refractivity contribution >= 4 is 0 Å². The highest BCUT2D eigenvalue weighted by atomic mass is 16.6. The highest BCUT2D eigenvalue weighted by Crippen LogP contribution is 2.33. The van der Waals surface area contributed by atoms with Crippen LogP contribution in [0.25, 0.3) is 0 Å². The first-order valence-corrected chi connectivity index (χ1v) is 4.68. The van der Waals surface area contributed by atoms with Crippen LogP contribution in [0.2, 0.25) is 0 Å². The van der Waals surface area contributed by atoms with E-state index in [0.29, 0.717) is 0 Å². The summed E-state index contributed by atoms with van der Waals surface area (Å²) in [6.07, 6.45) is -3.91. The fourth-order valence-electron chi connectivity index (χ4n) is 1.64. The molecule has 90 valence electrons. The maximum Gasteiger partial charge on any atom is 0.234 e. The molecule has 0 amide bonds. The Morgan fingerprint density at radius 1 is 1.50 bits per heavy atom. The fraction of sp³-hybridized carbons (Fsp3) is 0.857. The van der Waals surface area contributed by atoms with E-state index in [9.17, 15) is 15.3 Å². The van der Waals surface area contributed by atoms with Crippen molar-refractivity contribution in [2.24, 2.45) is 0 Å². The van der Waals surface area contributed by atoms with Gasteiger partial charge in [-0.25, -0.2) is 0 Å². The molecule has 0 aliphatic carbocycles. The first-order chi connectivity index (χ1) is 7.57. The molecule has 1 aliphatic heterocycles. The zero-order chi connectivity index (χ0) is 11.8. The fourth-order valence-corrected chi connectivity index (χ4v) is 1.64. The molecule has 0 bridgehead atoms. The molecule has 1 aromatic rings. The van der Waals surface area contributed by atoms with Crippen molar-refractivity contribution in [3.63, 3.8) is 0 Å². The Hall–Kier alpha value is -1.13. The summed E-state index contributed by atoms with van der Waals surface area (Å²) in [6, 6.07) is 0. The molecule has 1 fully saturated rings. The number of aliphatic hydroxyl groups is 4. The van der Waals surface area contributed by atoms with Gasteiger partial charge in [-0.3, -0.25) is 0 Å². The van der Waals surface area contributed by atoms with Crippen molar-refractivity contribution in [3.05, 3.63) is 5.82 Å². The Morgan fingerprint density at radius 3 is 2.81 bits per heavy atom. The SMILES string of the molecule is OC[C@H]1O[C@@](O)(c2nn[nH]n2)C[C@@H](O)[C@H]1O. The number of aliphatic hydroxyl groups excluding tert-OH is 3. The van der Waals surface area contributed by atoms with Crippen LogP contribution in [0.5, 0.6) is 0 Å². The number of aromatic amines is 1. The molecule has 0 saturated carbocycles. The van der Waals surface area contributed by atoms with Crippen molar-refractivity contribution in [2.45, 2.75) is 30.5 Å². The predicted molar refractivity (Wildman–Crippen MR) is 46.7 cm³/mol. The largest absolute Gasteiger partial charge is 0.394 e. The van der Waals surface area contributed by atoms with E-state index < -0.39 is 30.7 Å². The van der Waals surface area contributed by atoms with Crippen molar-refractivity contribution in [3.8, 4) is 0 Å². The minimum Gasteiger partial charge on any atom is -0.394 e. The third-order valence-corrected chi connectivity index (χ3v) is 2.48. The Labute approximate surface area is 89.7 Å². The molecule has 5 N–H and O–H groups in total. The molecule has 0 aromatic carbocycles. The monoisotopic (exact) mass is 232 g/mol. The van der Waals surface area contributed by atoms with Crippen LogP contribution in [-0.2, 0) is 10.5 Å². The molecule has 4 atom stereocenters. The lowest BCUT2D eigenvalue weighted by atomic mass is 9.95. The van der Waals surface area contributed by atoms with E-state index in [1.54, 1.807) is 0 Å². The first-order valence-electron chi connectivity index (χ1n) is 4.68. The average molecular weight is 232 g/mol. The number of ether oxygens (including phenoxy) is 1. The third kappa shape index (κ3) is 1.79. The maximum absolute atomic E-state index is 10.0. The first kappa shape index (κ1) is 11.4. The second-order valence-electron chi connectivity index (χ2n) is 3.62. The molecular formula is C7H12N4O5. The van der Waals surface area contributed by atoms with Crippen LogP contribution in [0.4, 0.5) is 0 Å². The van der Waals surface area contributed by atoms with Crippen LogP contribution in [0.15, 0.2) is 0 Å². The molecule has 1 saturated heterocycles. The smallest absolute Gasteiger partial charge is 0.234 e. The lowest BCUT2D eigenvalue weighted by Gasteiger charge is -2.39. The van der Waals surface area contributed by atoms with Gasteiger partial charge in [0.2, 0.25) is 11.6 Å². The summed E-state index contributed by atoms with van der Waals surface area (Å²) in [6.45, 7) is -0.543. The molecule has 0 radical (unpaired) electrons. The molecule has 2 rings (SSSR count). The van der Waals surface area contributed by atoms with Gasteiger partial charge < -0.3 is 25.2 Å². The summed E-state index contributed by atoms with van der Waals surface area (Å²) >= 11 is 0. The van der Waals surface area contributed by atoms with Gasteiger partial charge in [-0.2, -0.15) is 5.21 Å². The second kappa shape index (κ2) is 4.03. The van der Waals surface area contributed by atoms with E-state index in [-0.39, 0.29) is 12.2 Å². The van der Waals surface area contributed by atoms with Gasteiger partial charge in [0.1, 0.15) is 12.2 Å². The normalized spacial score (nSPS) is 39.9. The molecule has 0 unspecified atom stereocenters. The molecular weight excluding hydrogens is 220 g/mol. The molecule has 1 aromatic heterocycles. The van der Waals surface area contributed by atoms with E-state index in [2.05, 4.69) is 20.6 Å². The van der Waals surface area contributed by atoms with Crippen molar-refractivity contribution in [1.82, 2.24) is 20.6 Å². The van der Waals surface area contributed by atoms with Crippen LogP contribution in [0.1, 0.15) is 12.2 Å². The maximum atomic E-state index is 10.0. The van der Waals surface area contributed by atoms with Crippen LogP contribution in [0, 0.1) is 0 Å². The molecule has 0 spiro atoms. The van der Waals surface area contributed by atoms with E-state index in [1.807, 2.05) is 0 Å². The molecule has 9 heteroatoms. The third-order valence-electron chi connectivity index (χ3n) is 2.48. The van der Waals surface area contributed by atoms with Gasteiger partial charge in [0, 0.05) is 6.42 Å². The van der Waals surface area contributed by atoms with Gasteiger partial charge in [-0.05, 0) is 5.21 Å². The van der Waals surface area contributed by atoms with Gasteiger partial charge in [0.05, 0.1) is 12.7 Å². The summed E-state index contributed by atoms with van der Waals surface area (Å²) in [5, 5.41) is 50.4. The summed E-state index contributed by atoms with van der Waals surface area (Å²) in [5.41, 5.74) is 0. The van der Waals surface area contributed by atoms with Crippen molar-refractivity contribution in [2.75, 3.05) is 6.61 Å². The average Bonchev–Trinajstić information content (AvgIpc) is 2.77. The molecule has 1 aliphatic rings. The highest BCUT2D eigenvalue weighted by molar-refractivity contribution is 4.98. The number of nitrogens with zero attached hydrogens (tertiary/aromatic N) is 3. The van der Waals surface area contributed by atoms with E-state index in [4.69, 9.17) is 9.84 Å². The Bertz CT molecular complexity index is 347. The summed E-state index contributed by atoms with van der Waals surface area (Å²) in [7, 11) is 0. The summed E-state index contributed by atoms with van der Waals surface area (Å²) in [5.74, 6) is -2.11. The minimum absolute atomic E-state index is 0.156. The van der Waals surface area contributed by atoms with Gasteiger partial charge in [-0.15, -0.1) is 10.2 Å². The van der Waals surface area contributed by atoms with E-state index in [1.165, 1.54) is 0 Å². The summed E-state index contributed by atoms with van der Waals surface area (Å²) < 4.78 is 5.06. The zero-order valence-electron chi connectivity index (χ0n) is 8.19. The molecule has 16 heavy (non-hydrogen) atoms. The lowest BCUT2D eigenvalue weighted by Crippen LogP contribution is -2.54. The number of hydrogen-bond acceptors (Lipinski definition) is 8. The van der Waals surface area contributed by atoms with Gasteiger partial charge in [0.15, 0.2) is 0 Å². The van der Waals surface area contributed by atoms with Crippen LogP contribution < -0.4 is 0 Å². The molecule has 9 nitrogen and oxygen atoms in total.